The molecule has 1 amide bonds. The third kappa shape index (κ3) is 32.6. The lowest BCUT2D eigenvalue weighted by atomic mass is 9.99. The van der Waals surface area contributed by atoms with Gasteiger partial charge in [-0.05, 0) is 96.3 Å². The molecule has 1 heterocycles. The van der Waals surface area contributed by atoms with E-state index < -0.39 is 49.5 Å². The van der Waals surface area contributed by atoms with Crippen molar-refractivity contribution in [3.63, 3.8) is 0 Å². The number of nitrogens with one attached hydrogen (secondary N) is 1. The molecule has 9 heteroatoms. The van der Waals surface area contributed by atoms with Crippen LogP contribution < -0.4 is 5.32 Å². The molecule has 1 rings (SSSR count). The first-order valence-corrected chi connectivity index (χ1v) is 23.9. The predicted molar refractivity (Wildman–Crippen MR) is 262 cm³/mol. The Morgan fingerprint density at radius 2 is 0.984 bits per heavy atom. The Kier molecular flexibility index (Phi) is 38.5. The SMILES string of the molecule is CC/C=C\C/C=C\C/C=C\C/C=C\C/C=C\C/C=C\C/C=C\C/C=C\C/C=C\C/C=C\CCCCCCC(=O)NC(COC1OC(CO)C(O)C(O)C1O)C(O)/C=C/CCCCC. The predicted octanol–water partition coefficient (Wildman–Crippen LogP) is 10.6. The summed E-state index contributed by atoms with van der Waals surface area (Å²) in [5, 5.41) is 53.7. The topological polar surface area (TPSA) is 149 Å². The average molecular weight is 876 g/mol. The van der Waals surface area contributed by atoms with E-state index >= 15 is 0 Å². The van der Waals surface area contributed by atoms with Gasteiger partial charge in [0.15, 0.2) is 6.29 Å². The highest BCUT2D eigenvalue weighted by Crippen LogP contribution is 2.22. The highest BCUT2D eigenvalue weighted by Gasteiger charge is 2.44. The first-order valence-electron chi connectivity index (χ1n) is 23.9. The van der Waals surface area contributed by atoms with Crippen molar-refractivity contribution in [2.45, 2.75) is 185 Å². The summed E-state index contributed by atoms with van der Waals surface area (Å²) < 4.78 is 11.1. The van der Waals surface area contributed by atoms with Gasteiger partial charge in [-0.15, -0.1) is 0 Å². The van der Waals surface area contributed by atoms with Crippen molar-refractivity contribution in [3.8, 4) is 0 Å². The normalized spacial score (nSPS) is 21.4. The van der Waals surface area contributed by atoms with E-state index in [0.29, 0.717) is 12.8 Å². The van der Waals surface area contributed by atoms with Gasteiger partial charge in [-0.1, -0.05) is 173 Å². The van der Waals surface area contributed by atoms with Crippen LogP contribution in [-0.4, -0.2) is 87.5 Å². The number of aliphatic hydroxyl groups excluding tert-OH is 5. The minimum Gasteiger partial charge on any atom is -0.394 e. The Morgan fingerprint density at radius 1 is 0.556 bits per heavy atom. The largest absolute Gasteiger partial charge is 0.394 e. The van der Waals surface area contributed by atoms with Crippen LogP contribution in [-0.2, 0) is 14.3 Å². The Morgan fingerprint density at radius 3 is 1.44 bits per heavy atom. The lowest BCUT2D eigenvalue weighted by molar-refractivity contribution is -0.302. The molecular weight excluding hydrogens is 791 g/mol. The quantitative estimate of drug-likeness (QED) is 0.0267. The van der Waals surface area contributed by atoms with Crippen molar-refractivity contribution in [3.05, 3.63) is 134 Å². The van der Waals surface area contributed by atoms with Crippen LogP contribution in [0.25, 0.3) is 0 Å². The smallest absolute Gasteiger partial charge is 0.220 e. The maximum atomic E-state index is 12.8. The molecule has 0 aromatic heterocycles. The molecule has 6 N–H and O–H groups in total. The van der Waals surface area contributed by atoms with Crippen molar-refractivity contribution >= 4 is 5.91 Å². The zero-order valence-corrected chi connectivity index (χ0v) is 38.8. The number of allylic oxidation sites excluding steroid dienone is 21. The van der Waals surface area contributed by atoms with Gasteiger partial charge in [0, 0.05) is 6.42 Å². The van der Waals surface area contributed by atoms with Gasteiger partial charge in [-0.2, -0.15) is 0 Å². The maximum absolute atomic E-state index is 12.8. The standard InChI is InChI=1S/C54H85NO8/c1-3-5-7-9-10-11-12-13-14-15-16-17-18-19-20-21-22-23-24-25-26-27-28-29-30-31-32-33-34-35-36-37-38-40-42-44-50(58)55-47(48(57)43-41-39-8-6-4-2)46-62-54-53(61)52(60)51(59)49(45-56)63-54/h5,7,10-11,13-14,16-17,19-20,22-23,25-26,28-29,31-32,34-35,41,43,47-49,51-54,56-57,59-61H,3-4,6,8-9,12,15,18,21,24,27,30,33,36-40,42,44-46H2,1-2H3,(H,55,58)/b7-5-,11-10-,14-13-,17-16-,20-19-,23-22-,26-25-,29-28-,32-31-,35-34-,43-41+. The van der Waals surface area contributed by atoms with E-state index in [1.54, 1.807) is 6.08 Å². The van der Waals surface area contributed by atoms with E-state index in [1.165, 1.54) is 0 Å². The van der Waals surface area contributed by atoms with E-state index in [1.807, 2.05) is 6.08 Å². The number of carbonyl (C=O) groups excluding carboxylic acids is 1. The first kappa shape index (κ1) is 57.3. The fourth-order valence-corrected chi connectivity index (χ4v) is 6.42. The van der Waals surface area contributed by atoms with Crippen LogP contribution in [0.2, 0.25) is 0 Å². The summed E-state index contributed by atoms with van der Waals surface area (Å²) in [6.07, 6.45) is 58.5. The molecule has 0 saturated carbocycles. The molecule has 1 aliphatic rings. The molecule has 354 valence electrons. The molecule has 0 radical (unpaired) electrons. The maximum Gasteiger partial charge on any atom is 0.220 e. The fraction of sp³-hybridized carbons (Fsp3) is 0.574. The Labute approximate surface area is 381 Å². The molecule has 0 aromatic carbocycles. The Hall–Kier alpha value is -3.67. The molecular formula is C54H85NO8. The van der Waals surface area contributed by atoms with Gasteiger partial charge in [0.05, 0.1) is 25.4 Å². The number of rotatable bonds is 37. The zero-order chi connectivity index (χ0) is 45.9. The van der Waals surface area contributed by atoms with E-state index in [4.69, 9.17) is 9.47 Å². The van der Waals surface area contributed by atoms with Crippen molar-refractivity contribution in [2.75, 3.05) is 13.2 Å². The first-order chi connectivity index (χ1) is 30.8. The third-order valence-electron chi connectivity index (χ3n) is 10.2. The van der Waals surface area contributed by atoms with Crippen molar-refractivity contribution in [1.82, 2.24) is 5.32 Å². The summed E-state index contributed by atoms with van der Waals surface area (Å²) in [6.45, 7) is 3.49. The minimum atomic E-state index is -1.58. The molecule has 1 aliphatic heterocycles. The van der Waals surface area contributed by atoms with Crippen LogP contribution in [0.1, 0.15) is 142 Å². The number of amides is 1. The Bertz CT molecular complexity index is 1430. The van der Waals surface area contributed by atoms with Gasteiger partial charge in [-0.25, -0.2) is 0 Å². The number of unbranched alkanes of at least 4 members (excludes halogenated alkanes) is 7. The van der Waals surface area contributed by atoms with Crippen molar-refractivity contribution < 1.29 is 39.8 Å². The molecule has 63 heavy (non-hydrogen) atoms. The molecule has 1 saturated heterocycles. The Balaban J connectivity index is 2.16. The highest BCUT2D eigenvalue weighted by atomic mass is 16.7. The van der Waals surface area contributed by atoms with Gasteiger partial charge in [0.1, 0.15) is 24.4 Å². The van der Waals surface area contributed by atoms with Crippen LogP contribution in [0.3, 0.4) is 0 Å². The molecule has 7 atom stereocenters. The summed E-state index contributed by atoms with van der Waals surface area (Å²) in [5.41, 5.74) is 0. The second kappa shape index (κ2) is 42.3. The highest BCUT2D eigenvalue weighted by molar-refractivity contribution is 5.76. The molecule has 0 aromatic rings. The third-order valence-corrected chi connectivity index (χ3v) is 10.2. The van der Waals surface area contributed by atoms with Gasteiger partial charge in [0.2, 0.25) is 5.91 Å². The number of hydrogen-bond donors (Lipinski definition) is 6. The van der Waals surface area contributed by atoms with Crippen molar-refractivity contribution in [2.24, 2.45) is 0 Å². The molecule has 7 unspecified atom stereocenters. The van der Waals surface area contributed by atoms with Gasteiger partial charge in [0.25, 0.3) is 0 Å². The lowest BCUT2D eigenvalue weighted by Gasteiger charge is -2.40. The molecule has 0 aliphatic carbocycles. The fourth-order valence-electron chi connectivity index (χ4n) is 6.42. The van der Waals surface area contributed by atoms with Crippen LogP contribution in [0.15, 0.2) is 134 Å². The number of carbonyl (C=O) groups is 1. The van der Waals surface area contributed by atoms with Crippen molar-refractivity contribution in [1.29, 1.82) is 0 Å². The average Bonchev–Trinajstić information content (AvgIpc) is 3.28. The lowest BCUT2D eigenvalue weighted by Crippen LogP contribution is -2.60. The number of ether oxygens (including phenoxy) is 2. The zero-order valence-electron chi connectivity index (χ0n) is 38.8. The summed E-state index contributed by atoms with van der Waals surface area (Å²) in [6, 6.07) is -0.824. The second-order valence-corrected chi connectivity index (χ2v) is 15.8. The van der Waals surface area contributed by atoms with Crippen LogP contribution in [0.5, 0.6) is 0 Å². The van der Waals surface area contributed by atoms with Gasteiger partial charge < -0.3 is 40.3 Å². The van der Waals surface area contributed by atoms with E-state index in [-0.39, 0.29) is 12.5 Å². The molecule has 0 spiro atoms. The van der Waals surface area contributed by atoms with Crippen LogP contribution in [0, 0.1) is 0 Å². The molecule has 9 nitrogen and oxygen atoms in total. The summed E-state index contributed by atoms with van der Waals surface area (Å²) >= 11 is 0. The molecule has 0 bridgehead atoms. The van der Waals surface area contributed by atoms with Gasteiger partial charge in [-0.3, -0.25) is 4.79 Å². The van der Waals surface area contributed by atoms with Crippen LogP contribution in [0.4, 0.5) is 0 Å². The monoisotopic (exact) mass is 876 g/mol. The van der Waals surface area contributed by atoms with Gasteiger partial charge >= 0.3 is 0 Å². The number of hydrogen-bond acceptors (Lipinski definition) is 8. The van der Waals surface area contributed by atoms with E-state index in [9.17, 15) is 30.3 Å². The van der Waals surface area contributed by atoms with Crippen LogP contribution >= 0.6 is 0 Å². The summed E-state index contributed by atoms with van der Waals surface area (Å²) in [5.74, 6) is -0.217. The van der Waals surface area contributed by atoms with E-state index in [2.05, 4.69) is 141 Å². The van der Waals surface area contributed by atoms with E-state index in [0.717, 1.165) is 116 Å². The molecule has 1 fully saturated rings. The summed E-state index contributed by atoms with van der Waals surface area (Å²) in [4.78, 5) is 12.8. The number of aliphatic hydroxyl groups is 5. The minimum absolute atomic E-state index is 0.211. The second-order valence-electron chi connectivity index (χ2n) is 15.8. The summed E-state index contributed by atoms with van der Waals surface area (Å²) in [7, 11) is 0.